The Morgan fingerprint density at radius 1 is 0.382 bits per heavy atom. The lowest BCUT2D eigenvalue weighted by atomic mass is 9.82. The quantitative estimate of drug-likeness (QED) is 0.144. The van der Waals surface area contributed by atoms with Gasteiger partial charge in [0.1, 0.15) is 0 Å². The lowest BCUT2D eigenvalue weighted by Gasteiger charge is -2.26. The molecule has 0 atom stereocenters. The SMILES string of the molecule is O=C1NC(=O)c2cc(Cl)c3c4c(Cl)cc5c6c(cc(Cl)c(c7c(Cl)cc1c2c73)c64)C(=O)NC5=O. The third-order valence-electron chi connectivity index (χ3n) is 6.55. The minimum Gasteiger partial charge on any atom is -0.288 e. The maximum atomic E-state index is 12.7. The number of hydrogen-bond acceptors (Lipinski definition) is 4. The van der Waals surface area contributed by atoms with Crippen LogP contribution in [-0.2, 0) is 0 Å². The van der Waals surface area contributed by atoms with E-state index in [1.54, 1.807) is 0 Å². The maximum Gasteiger partial charge on any atom is 0.258 e. The summed E-state index contributed by atoms with van der Waals surface area (Å²) in [7, 11) is 0. The molecular weight excluding hydrogens is 522 g/mol. The van der Waals surface area contributed by atoms with Gasteiger partial charge in [0, 0.05) is 85.4 Å². The number of rotatable bonds is 0. The summed E-state index contributed by atoms with van der Waals surface area (Å²) in [5.41, 5.74) is 0.860. The second kappa shape index (κ2) is 6.29. The van der Waals surface area contributed by atoms with E-state index in [1.165, 1.54) is 24.3 Å². The number of benzene rings is 5. The Morgan fingerprint density at radius 3 is 0.853 bits per heavy atom. The van der Waals surface area contributed by atoms with E-state index in [0.717, 1.165) is 0 Å². The van der Waals surface area contributed by atoms with Crippen LogP contribution in [-0.4, -0.2) is 23.6 Å². The van der Waals surface area contributed by atoms with Crippen LogP contribution in [0.5, 0.6) is 0 Å². The monoisotopic (exact) mass is 526 g/mol. The molecule has 0 bridgehead atoms. The largest absolute Gasteiger partial charge is 0.288 e. The van der Waals surface area contributed by atoms with Gasteiger partial charge in [-0.3, -0.25) is 29.8 Å². The van der Waals surface area contributed by atoms with Gasteiger partial charge in [-0.05, 0) is 24.3 Å². The van der Waals surface area contributed by atoms with Crippen molar-refractivity contribution >= 4 is 113 Å². The summed E-state index contributed by atoms with van der Waals surface area (Å²) in [5, 5.41) is 8.81. The van der Waals surface area contributed by atoms with Gasteiger partial charge in [0.05, 0.1) is 0 Å². The number of halogens is 4. The summed E-state index contributed by atoms with van der Waals surface area (Å²) in [6.45, 7) is 0. The summed E-state index contributed by atoms with van der Waals surface area (Å²) < 4.78 is 0. The van der Waals surface area contributed by atoms with Crippen LogP contribution in [0.3, 0.4) is 0 Å². The summed E-state index contributed by atoms with van der Waals surface area (Å²) in [5.74, 6) is -2.35. The van der Waals surface area contributed by atoms with Crippen molar-refractivity contribution in [2.45, 2.75) is 0 Å². The van der Waals surface area contributed by atoms with Crippen LogP contribution in [0.1, 0.15) is 41.4 Å². The fraction of sp³-hybridized carbons (Fsp3) is 0. The first-order valence-electron chi connectivity index (χ1n) is 9.88. The average molecular weight is 528 g/mol. The van der Waals surface area contributed by atoms with Crippen molar-refractivity contribution in [3.63, 3.8) is 0 Å². The van der Waals surface area contributed by atoms with Gasteiger partial charge in [-0.1, -0.05) is 46.4 Å². The topological polar surface area (TPSA) is 92.3 Å². The fourth-order valence-corrected chi connectivity index (χ4v) is 6.50. The van der Waals surface area contributed by atoms with Crippen molar-refractivity contribution in [2.75, 3.05) is 0 Å². The van der Waals surface area contributed by atoms with Gasteiger partial charge in [-0.2, -0.15) is 0 Å². The van der Waals surface area contributed by atoms with Gasteiger partial charge in [-0.15, -0.1) is 0 Å². The molecule has 0 aromatic heterocycles. The van der Waals surface area contributed by atoms with Crippen LogP contribution in [0.15, 0.2) is 24.3 Å². The fourth-order valence-electron chi connectivity index (χ4n) is 5.31. The number of hydrogen-bond donors (Lipinski definition) is 2. The molecule has 2 heterocycles. The molecule has 0 spiro atoms. The van der Waals surface area contributed by atoms with Gasteiger partial charge in [0.2, 0.25) is 0 Å². The van der Waals surface area contributed by atoms with E-state index in [9.17, 15) is 19.2 Å². The smallest absolute Gasteiger partial charge is 0.258 e. The Balaban J connectivity index is 1.93. The number of carbonyl (C=O) groups excluding carboxylic acids is 4. The van der Waals surface area contributed by atoms with E-state index >= 15 is 0 Å². The second-order valence-electron chi connectivity index (χ2n) is 8.19. The van der Waals surface area contributed by atoms with Crippen LogP contribution in [0, 0.1) is 0 Å². The molecule has 7 rings (SSSR count). The van der Waals surface area contributed by atoms with Crippen molar-refractivity contribution < 1.29 is 19.2 Å². The van der Waals surface area contributed by atoms with Crippen LogP contribution in [0.25, 0.3) is 43.1 Å². The van der Waals surface area contributed by atoms with Gasteiger partial charge in [-0.25, -0.2) is 0 Å². The number of amides is 4. The highest BCUT2D eigenvalue weighted by molar-refractivity contribution is 6.56. The summed E-state index contributed by atoms with van der Waals surface area (Å²) in [4.78, 5) is 50.7. The molecule has 34 heavy (non-hydrogen) atoms. The highest BCUT2D eigenvalue weighted by Gasteiger charge is 2.34. The van der Waals surface area contributed by atoms with Crippen molar-refractivity contribution in [1.29, 1.82) is 0 Å². The summed E-state index contributed by atoms with van der Waals surface area (Å²) in [6.07, 6.45) is 0. The lowest BCUT2D eigenvalue weighted by molar-refractivity contribution is 0.0828. The normalized spacial score (nSPS) is 15.2. The molecule has 0 radical (unpaired) electrons. The second-order valence-corrected chi connectivity index (χ2v) is 9.82. The van der Waals surface area contributed by atoms with Gasteiger partial charge in [0.25, 0.3) is 23.6 Å². The highest BCUT2D eigenvalue weighted by atomic mass is 35.5. The Bertz CT molecular complexity index is 1660. The molecule has 4 amide bonds. The van der Waals surface area contributed by atoms with Crippen molar-refractivity contribution in [2.24, 2.45) is 0 Å². The Kier molecular flexibility index (Phi) is 3.74. The maximum absolute atomic E-state index is 12.7. The third kappa shape index (κ3) is 2.20. The van der Waals surface area contributed by atoms with Crippen molar-refractivity contribution in [1.82, 2.24) is 10.6 Å². The van der Waals surface area contributed by atoms with Gasteiger partial charge in [0.15, 0.2) is 0 Å². The number of nitrogens with one attached hydrogen (secondary N) is 2. The van der Waals surface area contributed by atoms with E-state index < -0.39 is 23.6 Å². The molecule has 2 N–H and O–H groups in total. The third-order valence-corrected chi connectivity index (χ3v) is 7.74. The van der Waals surface area contributed by atoms with Gasteiger partial charge >= 0.3 is 0 Å². The highest BCUT2D eigenvalue weighted by Crippen LogP contribution is 2.52. The molecule has 0 unspecified atom stereocenters. The van der Waals surface area contributed by atoms with E-state index in [2.05, 4.69) is 10.6 Å². The molecule has 5 aromatic carbocycles. The first kappa shape index (κ1) is 20.2. The van der Waals surface area contributed by atoms with Crippen LogP contribution >= 0.6 is 46.4 Å². The van der Waals surface area contributed by atoms with Gasteiger partial charge < -0.3 is 0 Å². The molecule has 6 nitrogen and oxygen atoms in total. The Hall–Kier alpha value is -3.16. The van der Waals surface area contributed by atoms with Crippen LogP contribution < -0.4 is 10.6 Å². The average Bonchev–Trinajstić information content (AvgIpc) is 2.77. The van der Waals surface area contributed by atoms with Crippen LogP contribution in [0.2, 0.25) is 20.1 Å². The minimum atomic E-state index is -0.588. The molecule has 164 valence electrons. The molecule has 2 aliphatic heterocycles. The minimum absolute atomic E-state index is 0.192. The summed E-state index contributed by atoms with van der Waals surface area (Å²) >= 11 is 26.9. The van der Waals surface area contributed by atoms with E-state index in [1.807, 2.05) is 0 Å². The molecule has 0 fully saturated rings. The Morgan fingerprint density at radius 2 is 0.618 bits per heavy atom. The first-order chi connectivity index (χ1) is 16.2. The standard InChI is InChI=1S/C24H6Cl4N2O4/c25-9-1-5-13-6(22(32)29-21(5)31)2-11(27)17-18-12(28)4-8-14-7(23(33)30-24(8)34)3-10(26)16(20(14)18)15(9)19(13)17/h1-4H,(H,29,31,32)(H,30,33,34). The zero-order chi connectivity index (χ0) is 23.8. The van der Waals surface area contributed by atoms with Crippen LogP contribution in [0.4, 0.5) is 0 Å². The summed E-state index contributed by atoms with van der Waals surface area (Å²) in [6, 6.07) is 5.88. The molecule has 10 heteroatoms. The number of imide groups is 2. The zero-order valence-corrected chi connectivity index (χ0v) is 19.5. The van der Waals surface area contributed by atoms with Crippen molar-refractivity contribution in [3.8, 4) is 0 Å². The molecule has 2 aliphatic rings. The zero-order valence-electron chi connectivity index (χ0n) is 16.5. The molecule has 5 aromatic rings. The lowest BCUT2D eigenvalue weighted by Crippen LogP contribution is -2.35. The molecule has 0 saturated heterocycles. The molecule has 0 saturated carbocycles. The molecule has 0 aliphatic carbocycles. The predicted octanol–water partition coefficient (Wildman–Crippen LogP) is 6.12. The number of fused-ring (bicyclic) bond motifs is 2. The molecular formula is C24H6Cl4N2O4. The predicted molar refractivity (Wildman–Crippen MR) is 131 cm³/mol. The van der Waals surface area contributed by atoms with E-state index in [4.69, 9.17) is 46.4 Å². The first-order valence-corrected chi connectivity index (χ1v) is 11.4. The van der Waals surface area contributed by atoms with E-state index in [0.29, 0.717) is 43.1 Å². The Labute approximate surface area is 209 Å². The van der Waals surface area contributed by atoms with E-state index in [-0.39, 0.29) is 42.3 Å². The number of carbonyl (C=O) groups is 4. The van der Waals surface area contributed by atoms with Crippen molar-refractivity contribution in [3.05, 3.63) is 66.6 Å².